The van der Waals surface area contributed by atoms with E-state index in [2.05, 4.69) is 29.4 Å². The van der Waals surface area contributed by atoms with E-state index in [1.165, 1.54) is 23.1 Å². The number of hydrogen-bond donors (Lipinski definition) is 2. The molecule has 0 saturated carbocycles. The van der Waals surface area contributed by atoms with Crippen LogP contribution in [0.15, 0.2) is 23.4 Å². The lowest BCUT2D eigenvalue weighted by Gasteiger charge is -2.13. The fourth-order valence-corrected chi connectivity index (χ4v) is 6.55. The Hall–Kier alpha value is -2.07. The van der Waals surface area contributed by atoms with Crippen molar-refractivity contribution >= 4 is 63.1 Å². The Balaban J connectivity index is 1.53. The fraction of sp³-hybridized carbons (Fsp3) is 0.391. The summed E-state index contributed by atoms with van der Waals surface area (Å²) in [5.41, 5.74) is 7.82. The first-order valence-electron chi connectivity index (χ1n) is 11.0. The van der Waals surface area contributed by atoms with Gasteiger partial charge in [-0.05, 0) is 55.4 Å². The highest BCUT2D eigenvalue weighted by molar-refractivity contribution is 7.99. The van der Waals surface area contributed by atoms with E-state index in [-0.39, 0.29) is 11.7 Å². The first kappa shape index (κ1) is 25.0. The molecule has 2 amide bonds. The maximum Gasteiger partial charge on any atom is 0.251 e. The lowest BCUT2D eigenvalue weighted by Crippen LogP contribution is -2.19. The lowest BCUT2D eigenvalue weighted by molar-refractivity contribution is -0.113. The molecular weight excluding hydrogens is 513 g/mol. The Morgan fingerprint density at radius 2 is 2.00 bits per heavy atom. The highest BCUT2D eigenvalue weighted by Gasteiger charge is 2.25. The molecule has 2 aromatic heterocycles. The summed E-state index contributed by atoms with van der Waals surface area (Å²) in [6.45, 7) is 4.85. The van der Waals surface area contributed by atoms with E-state index in [9.17, 15) is 9.59 Å². The van der Waals surface area contributed by atoms with E-state index in [0.717, 1.165) is 41.7 Å². The number of amides is 2. The highest BCUT2D eigenvalue weighted by atomic mass is 35.5. The second-order valence-corrected chi connectivity index (χ2v) is 11.4. The van der Waals surface area contributed by atoms with Crippen LogP contribution in [0.3, 0.4) is 0 Å². The number of aromatic nitrogens is 3. The molecule has 4 rings (SSSR count). The number of carbonyl (C=O) groups excluding carboxylic acids is 2. The van der Waals surface area contributed by atoms with Crippen molar-refractivity contribution in [3.8, 4) is 11.4 Å². The number of nitrogens with one attached hydrogen (secondary N) is 1. The molecule has 0 atom stereocenters. The van der Waals surface area contributed by atoms with Crippen molar-refractivity contribution < 1.29 is 9.59 Å². The first-order valence-corrected chi connectivity index (χ1v) is 13.6. The van der Waals surface area contributed by atoms with Gasteiger partial charge in [-0.1, -0.05) is 48.8 Å². The summed E-state index contributed by atoms with van der Waals surface area (Å²) in [5.74, 6) is 0.343. The maximum absolute atomic E-state index is 12.8. The molecule has 180 valence electrons. The largest absolute Gasteiger partial charge is 0.365 e. The summed E-state index contributed by atoms with van der Waals surface area (Å²) in [5, 5.41) is 13.8. The second kappa shape index (κ2) is 10.7. The van der Waals surface area contributed by atoms with Crippen LogP contribution in [0.2, 0.25) is 10.0 Å². The van der Waals surface area contributed by atoms with Gasteiger partial charge in [0.2, 0.25) is 5.91 Å². The van der Waals surface area contributed by atoms with Crippen molar-refractivity contribution in [2.45, 2.75) is 51.2 Å². The number of benzene rings is 1. The summed E-state index contributed by atoms with van der Waals surface area (Å²) in [7, 11) is 0. The molecule has 1 aliphatic rings. The second-order valence-electron chi connectivity index (χ2n) is 8.55. The van der Waals surface area contributed by atoms with Gasteiger partial charge in [0.15, 0.2) is 11.0 Å². The van der Waals surface area contributed by atoms with E-state index in [4.69, 9.17) is 28.9 Å². The summed E-state index contributed by atoms with van der Waals surface area (Å²) in [4.78, 5) is 26.0. The molecule has 3 N–H and O–H groups in total. The van der Waals surface area contributed by atoms with Crippen LogP contribution >= 0.6 is 46.3 Å². The number of nitrogens with two attached hydrogens (primary N) is 1. The van der Waals surface area contributed by atoms with Crippen molar-refractivity contribution in [1.82, 2.24) is 14.8 Å². The Morgan fingerprint density at radius 3 is 2.71 bits per heavy atom. The standard InChI is InChI=1S/C23H25Cl2N5O2S2/c1-12(2)10-30-21(14-8-7-13(24)9-16(14)25)28-29-23(30)33-11-18(31)27-22-19(20(26)32)15-5-3-4-6-17(15)34-22/h7-9,12H,3-6,10-11H2,1-2H3,(H2,26,32)(H,27,31). The predicted molar refractivity (Wildman–Crippen MR) is 139 cm³/mol. The number of carbonyl (C=O) groups is 2. The van der Waals surface area contributed by atoms with Gasteiger partial charge in [-0.2, -0.15) is 0 Å². The van der Waals surface area contributed by atoms with Crippen LogP contribution in [0, 0.1) is 5.92 Å². The molecule has 11 heteroatoms. The zero-order valence-corrected chi connectivity index (χ0v) is 22.0. The molecule has 0 aliphatic heterocycles. The molecule has 0 fully saturated rings. The zero-order valence-electron chi connectivity index (χ0n) is 18.9. The smallest absolute Gasteiger partial charge is 0.251 e. The SMILES string of the molecule is CC(C)Cn1c(SCC(=O)Nc2sc3c(c2C(N)=O)CCCC3)nnc1-c1ccc(Cl)cc1Cl. The molecule has 0 saturated heterocycles. The Labute approximate surface area is 216 Å². The number of rotatable bonds is 8. The number of nitrogens with zero attached hydrogens (tertiary/aromatic N) is 3. The van der Waals surface area contributed by atoms with Gasteiger partial charge < -0.3 is 15.6 Å². The number of thiophene rings is 1. The molecule has 0 unspecified atom stereocenters. The number of thioether (sulfide) groups is 1. The summed E-state index contributed by atoms with van der Waals surface area (Å²) >= 11 is 15.2. The van der Waals surface area contributed by atoms with Crippen molar-refractivity contribution in [2.75, 3.05) is 11.1 Å². The van der Waals surface area contributed by atoms with Crippen molar-refractivity contribution in [3.05, 3.63) is 44.2 Å². The highest BCUT2D eigenvalue weighted by Crippen LogP contribution is 2.38. The minimum Gasteiger partial charge on any atom is -0.365 e. The van der Waals surface area contributed by atoms with E-state index in [1.54, 1.807) is 12.1 Å². The van der Waals surface area contributed by atoms with Crippen LogP contribution in [0.1, 0.15) is 47.5 Å². The van der Waals surface area contributed by atoms with Crippen molar-refractivity contribution in [1.29, 1.82) is 0 Å². The number of hydrogen-bond acceptors (Lipinski definition) is 6. The van der Waals surface area contributed by atoms with Gasteiger partial charge in [-0.25, -0.2) is 0 Å². The third kappa shape index (κ3) is 5.43. The molecule has 0 spiro atoms. The van der Waals surface area contributed by atoms with E-state index >= 15 is 0 Å². The van der Waals surface area contributed by atoms with Crippen LogP contribution in [0.4, 0.5) is 5.00 Å². The molecule has 1 aliphatic carbocycles. The normalized spacial score (nSPS) is 13.2. The molecule has 0 bridgehead atoms. The number of halogens is 2. The Morgan fingerprint density at radius 1 is 1.24 bits per heavy atom. The quantitative estimate of drug-likeness (QED) is 0.360. The zero-order chi connectivity index (χ0) is 24.4. The monoisotopic (exact) mass is 537 g/mol. The summed E-state index contributed by atoms with van der Waals surface area (Å²) in [6, 6.07) is 5.25. The van der Waals surface area contributed by atoms with Gasteiger partial charge in [0, 0.05) is 22.0 Å². The molecule has 0 radical (unpaired) electrons. The van der Waals surface area contributed by atoms with Crippen molar-refractivity contribution in [2.24, 2.45) is 11.7 Å². The average Bonchev–Trinajstić information content (AvgIpc) is 3.32. The third-order valence-electron chi connectivity index (χ3n) is 5.44. The first-order chi connectivity index (χ1) is 16.2. The Kier molecular flexibility index (Phi) is 7.87. The van der Waals surface area contributed by atoms with Gasteiger partial charge >= 0.3 is 0 Å². The fourth-order valence-electron chi connectivity index (χ4n) is 4.00. The molecule has 2 heterocycles. The van der Waals surface area contributed by atoms with Crippen LogP contribution in [0.25, 0.3) is 11.4 Å². The molecular formula is C23H25Cl2N5O2S2. The summed E-state index contributed by atoms with van der Waals surface area (Å²) < 4.78 is 1.97. The number of fused-ring (bicyclic) bond motifs is 1. The van der Waals surface area contributed by atoms with Crippen LogP contribution < -0.4 is 11.1 Å². The predicted octanol–water partition coefficient (Wildman–Crippen LogP) is 5.68. The maximum atomic E-state index is 12.8. The molecule has 3 aromatic rings. The van der Waals surface area contributed by atoms with Crippen LogP contribution in [0.5, 0.6) is 0 Å². The number of anilines is 1. The lowest BCUT2D eigenvalue weighted by atomic mass is 9.95. The van der Waals surface area contributed by atoms with E-state index in [1.807, 2.05) is 10.6 Å². The van der Waals surface area contributed by atoms with Gasteiger partial charge in [0.05, 0.1) is 16.3 Å². The van der Waals surface area contributed by atoms with Gasteiger partial charge in [-0.15, -0.1) is 21.5 Å². The van der Waals surface area contributed by atoms with Gasteiger partial charge in [0.25, 0.3) is 5.91 Å². The van der Waals surface area contributed by atoms with Gasteiger partial charge in [0.1, 0.15) is 5.00 Å². The topological polar surface area (TPSA) is 103 Å². The van der Waals surface area contributed by atoms with Gasteiger partial charge in [-0.3, -0.25) is 9.59 Å². The third-order valence-corrected chi connectivity index (χ3v) is 8.16. The summed E-state index contributed by atoms with van der Waals surface area (Å²) in [6.07, 6.45) is 3.85. The average molecular weight is 539 g/mol. The number of aryl methyl sites for hydroxylation is 1. The van der Waals surface area contributed by atoms with Crippen LogP contribution in [-0.2, 0) is 24.2 Å². The minimum absolute atomic E-state index is 0.116. The molecule has 1 aromatic carbocycles. The van der Waals surface area contributed by atoms with Crippen molar-refractivity contribution in [3.63, 3.8) is 0 Å². The van der Waals surface area contributed by atoms with E-state index in [0.29, 0.717) is 44.1 Å². The van der Waals surface area contributed by atoms with E-state index < -0.39 is 5.91 Å². The minimum atomic E-state index is -0.497. The molecule has 7 nitrogen and oxygen atoms in total. The Bertz CT molecular complexity index is 1240. The van der Waals surface area contributed by atoms with Crippen LogP contribution in [-0.4, -0.2) is 32.3 Å². The number of primary amides is 1. The molecule has 34 heavy (non-hydrogen) atoms.